The Morgan fingerprint density at radius 2 is 1.68 bits per heavy atom. The molecule has 2 aromatic heterocycles. The van der Waals surface area contributed by atoms with Crippen molar-refractivity contribution in [1.82, 2.24) is 30.4 Å². The number of carbonyl (C=O) groups is 2. The fraction of sp³-hybridized carbons (Fsp3) is 0.286. The molecule has 0 bridgehead atoms. The quantitative estimate of drug-likeness (QED) is 0.193. The van der Waals surface area contributed by atoms with Crippen LogP contribution in [0.4, 0.5) is 16.0 Å². The van der Waals surface area contributed by atoms with Gasteiger partial charge in [-0.3, -0.25) is 14.5 Å². The van der Waals surface area contributed by atoms with Crippen LogP contribution >= 0.6 is 0 Å². The Kier molecular flexibility index (Phi) is 10.7. The molecule has 2 amide bonds. The molecule has 1 aliphatic rings. The van der Waals surface area contributed by atoms with Crippen LogP contribution in [0.1, 0.15) is 50.4 Å². The number of nitrogen functional groups attached to an aromatic ring is 1. The van der Waals surface area contributed by atoms with Gasteiger partial charge >= 0.3 is 0 Å². The standard InChI is InChI=1S/C35H38FN9O2/c1-23(26-7-9-29(36)10-8-26)43-35(47)31-17-25(19-37)21-42-33(31)41-20-24-3-5-27(6-4-24)28-18-30(32(38)40-22-28)34(46)39-11-12-45-15-13-44(2)14-16-45/h3-10,17-18,21-23H,11-16,20H2,1-2H3,(H2,38,40)(H,39,46)(H,41,42)(H,43,47)/t23-/m0/s1. The van der Waals surface area contributed by atoms with Crippen molar-refractivity contribution in [3.8, 4) is 17.2 Å². The van der Waals surface area contributed by atoms with Crippen LogP contribution in [0.25, 0.3) is 11.1 Å². The smallest absolute Gasteiger partial charge is 0.255 e. The Balaban J connectivity index is 1.21. The van der Waals surface area contributed by atoms with E-state index in [1.165, 1.54) is 24.4 Å². The van der Waals surface area contributed by atoms with Gasteiger partial charge in [0.2, 0.25) is 0 Å². The molecule has 242 valence electrons. The summed E-state index contributed by atoms with van der Waals surface area (Å²) in [7, 11) is 2.11. The van der Waals surface area contributed by atoms with E-state index in [4.69, 9.17) is 5.73 Å². The van der Waals surface area contributed by atoms with E-state index in [0.717, 1.165) is 55.0 Å². The van der Waals surface area contributed by atoms with Crippen molar-refractivity contribution in [3.63, 3.8) is 0 Å². The van der Waals surface area contributed by atoms with Gasteiger partial charge in [0.15, 0.2) is 0 Å². The average molecular weight is 636 g/mol. The summed E-state index contributed by atoms with van der Waals surface area (Å²) in [5.74, 6) is -0.535. The number of piperazine rings is 1. The lowest BCUT2D eigenvalue weighted by Gasteiger charge is -2.32. The summed E-state index contributed by atoms with van der Waals surface area (Å²) in [5, 5.41) is 18.5. The third-order valence-corrected chi connectivity index (χ3v) is 8.20. The number of nitrogens with zero attached hydrogens (tertiary/aromatic N) is 5. The Morgan fingerprint density at radius 1 is 0.957 bits per heavy atom. The van der Waals surface area contributed by atoms with Gasteiger partial charge in [0, 0.05) is 63.8 Å². The number of rotatable bonds is 11. The Labute approximate surface area is 273 Å². The van der Waals surface area contributed by atoms with Gasteiger partial charge < -0.3 is 26.6 Å². The number of pyridine rings is 2. The first-order chi connectivity index (χ1) is 22.7. The zero-order valence-electron chi connectivity index (χ0n) is 26.5. The van der Waals surface area contributed by atoms with Gasteiger partial charge in [-0.05, 0) is 54.9 Å². The first kappa shape index (κ1) is 33.0. The molecule has 0 spiro atoms. The zero-order chi connectivity index (χ0) is 33.3. The van der Waals surface area contributed by atoms with Gasteiger partial charge in [0.25, 0.3) is 11.8 Å². The SMILES string of the molecule is C[C@H](NC(=O)c1cc(C#N)cnc1NCc1ccc(-c2cnc(N)c(C(=O)NCCN3CCN(C)CC3)c2)cc1)c1ccc(F)cc1. The van der Waals surface area contributed by atoms with E-state index in [1.54, 1.807) is 31.3 Å². The lowest BCUT2D eigenvalue weighted by Crippen LogP contribution is -2.46. The van der Waals surface area contributed by atoms with Gasteiger partial charge in [-0.15, -0.1) is 0 Å². The maximum absolute atomic E-state index is 13.3. The van der Waals surface area contributed by atoms with Crippen LogP contribution in [-0.4, -0.2) is 77.9 Å². The summed E-state index contributed by atoms with van der Waals surface area (Å²) in [5.41, 5.74) is 10.1. The predicted octanol–water partition coefficient (Wildman–Crippen LogP) is 3.82. The van der Waals surface area contributed by atoms with Crippen molar-refractivity contribution in [3.05, 3.63) is 107 Å². The van der Waals surface area contributed by atoms with Crippen LogP contribution in [0.3, 0.4) is 0 Å². The fourth-order valence-electron chi connectivity index (χ4n) is 5.26. The molecule has 0 saturated carbocycles. The number of nitrogens with two attached hydrogens (primary N) is 1. The second kappa shape index (κ2) is 15.3. The minimum absolute atomic E-state index is 0.175. The Hall–Kier alpha value is -5.38. The maximum atomic E-state index is 13.3. The molecule has 0 radical (unpaired) electrons. The van der Waals surface area contributed by atoms with Crippen LogP contribution in [0.15, 0.2) is 73.1 Å². The third kappa shape index (κ3) is 8.66. The normalized spacial score (nSPS) is 14.2. The molecular weight excluding hydrogens is 597 g/mol. The van der Waals surface area contributed by atoms with E-state index >= 15 is 0 Å². The average Bonchev–Trinajstić information content (AvgIpc) is 3.08. The van der Waals surface area contributed by atoms with E-state index < -0.39 is 11.9 Å². The number of nitrogens with one attached hydrogen (secondary N) is 3. The first-order valence-corrected chi connectivity index (χ1v) is 15.4. The van der Waals surface area contributed by atoms with Crippen molar-refractivity contribution in [2.75, 3.05) is 57.4 Å². The van der Waals surface area contributed by atoms with E-state index in [9.17, 15) is 19.2 Å². The first-order valence-electron chi connectivity index (χ1n) is 15.4. The van der Waals surface area contributed by atoms with E-state index in [1.807, 2.05) is 30.3 Å². The second-order valence-electron chi connectivity index (χ2n) is 11.6. The highest BCUT2D eigenvalue weighted by atomic mass is 19.1. The number of benzene rings is 2. The number of amides is 2. The van der Waals surface area contributed by atoms with Crippen LogP contribution in [-0.2, 0) is 6.54 Å². The molecule has 5 N–H and O–H groups in total. The van der Waals surface area contributed by atoms with Gasteiger partial charge in [-0.2, -0.15) is 5.26 Å². The van der Waals surface area contributed by atoms with Crippen molar-refractivity contribution in [1.29, 1.82) is 5.26 Å². The minimum atomic E-state index is -0.417. The van der Waals surface area contributed by atoms with Crippen LogP contribution < -0.4 is 21.7 Å². The van der Waals surface area contributed by atoms with Crippen LogP contribution in [0.2, 0.25) is 0 Å². The monoisotopic (exact) mass is 635 g/mol. The second-order valence-corrected chi connectivity index (χ2v) is 11.6. The third-order valence-electron chi connectivity index (χ3n) is 8.20. The molecule has 12 heteroatoms. The van der Waals surface area contributed by atoms with Crippen LogP contribution in [0.5, 0.6) is 0 Å². The van der Waals surface area contributed by atoms with Crippen molar-refractivity contribution in [2.45, 2.75) is 19.5 Å². The van der Waals surface area contributed by atoms with Crippen molar-refractivity contribution in [2.24, 2.45) is 0 Å². The summed E-state index contributed by atoms with van der Waals surface area (Å²) >= 11 is 0. The molecule has 11 nitrogen and oxygen atoms in total. The molecule has 2 aromatic carbocycles. The molecule has 0 unspecified atom stereocenters. The highest BCUT2D eigenvalue weighted by molar-refractivity contribution is 6.00. The molecular formula is C35H38FN9O2. The lowest BCUT2D eigenvalue weighted by molar-refractivity contribution is 0.0932. The maximum Gasteiger partial charge on any atom is 0.255 e. The summed E-state index contributed by atoms with van der Waals surface area (Å²) in [6.45, 7) is 7.46. The molecule has 1 fully saturated rings. The van der Waals surface area contributed by atoms with E-state index in [-0.39, 0.29) is 28.7 Å². The number of likely N-dealkylation sites (N-methyl/N-ethyl adjacent to an activating group) is 1. The number of aromatic nitrogens is 2. The van der Waals surface area contributed by atoms with E-state index in [0.29, 0.717) is 24.5 Å². The van der Waals surface area contributed by atoms with Crippen molar-refractivity contribution < 1.29 is 14.0 Å². The van der Waals surface area contributed by atoms with Gasteiger partial charge in [0.1, 0.15) is 23.5 Å². The van der Waals surface area contributed by atoms with Crippen LogP contribution in [0, 0.1) is 17.1 Å². The number of carbonyl (C=O) groups excluding carboxylic acids is 2. The predicted molar refractivity (Wildman–Crippen MR) is 179 cm³/mol. The topological polar surface area (TPSA) is 152 Å². The number of nitriles is 1. The molecule has 5 rings (SSSR count). The summed E-state index contributed by atoms with van der Waals surface area (Å²) in [6.07, 6.45) is 3.04. The highest BCUT2D eigenvalue weighted by Crippen LogP contribution is 2.24. The molecule has 47 heavy (non-hydrogen) atoms. The van der Waals surface area contributed by atoms with Gasteiger partial charge in [0.05, 0.1) is 22.7 Å². The molecule has 1 aliphatic heterocycles. The minimum Gasteiger partial charge on any atom is -0.383 e. The Bertz CT molecular complexity index is 1750. The summed E-state index contributed by atoms with van der Waals surface area (Å²) < 4.78 is 13.3. The molecule has 4 aromatic rings. The number of hydrogen-bond donors (Lipinski definition) is 4. The molecule has 3 heterocycles. The van der Waals surface area contributed by atoms with Gasteiger partial charge in [-0.1, -0.05) is 36.4 Å². The number of hydrogen-bond acceptors (Lipinski definition) is 9. The van der Waals surface area contributed by atoms with E-state index in [2.05, 4.69) is 42.8 Å². The number of halogens is 1. The Morgan fingerprint density at radius 3 is 2.38 bits per heavy atom. The number of anilines is 2. The highest BCUT2D eigenvalue weighted by Gasteiger charge is 2.18. The summed E-state index contributed by atoms with van der Waals surface area (Å²) in [4.78, 5) is 39.4. The summed E-state index contributed by atoms with van der Waals surface area (Å²) in [6, 6.07) is 18.4. The largest absolute Gasteiger partial charge is 0.383 e. The molecule has 0 aliphatic carbocycles. The van der Waals surface area contributed by atoms with Crippen molar-refractivity contribution >= 4 is 23.5 Å². The fourth-order valence-corrected chi connectivity index (χ4v) is 5.26. The molecule has 1 saturated heterocycles. The van der Waals surface area contributed by atoms with Gasteiger partial charge in [-0.25, -0.2) is 14.4 Å². The lowest BCUT2D eigenvalue weighted by atomic mass is 10.0. The zero-order valence-corrected chi connectivity index (χ0v) is 26.5. The molecule has 1 atom stereocenters.